The lowest BCUT2D eigenvalue weighted by molar-refractivity contribution is 0.116. The highest BCUT2D eigenvalue weighted by Crippen LogP contribution is 2.10. The van der Waals surface area contributed by atoms with Crippen LogP contribution < -0.4 is 5.73 Å². The van der Waals surface area contributed by atoms with Gasteiger partial charge >= 0.3 is 0 Å². The Morgan fingerprint density at radius 2 is 1.89 bits per heavy atom. The standard InChI is InChI=1S/C15H26N4/c1-13-7-15(10-17-9-13)12-19-5-3-18(4-6-19)11-14(2)8-16/h7,9-10,14H,3-6,8,11-12,16H2,1-2H3. The fourth-order valence-corrected chi connectivity index (χ4v) is 2.61. The molecule has 1 unspecified atom stereocenters. The number of piperazine rings is 1. The van der Waals surface area contributed by atoms with Gasteiger partial charge in [0.05, 0.1) is 0 Å². The van der Waals surface area contributed by atoms with Gasteiger partial charge in [0.2, 0.25) is 0 Å². The molecule has 0 aliphatic carbocycles. The first-order valence-electron chi connectivity index (χ1n) is 7.22. The first kappa shape index (κ1) is 14.4. The van der Waals surface area contributed by atoms with Crippen LogP contribution in [0.4, 0.5) is 0 Å². The van der Waals surface area contributed by atoms with Crippen molar-refractivity contribution in [3.8, 4) is 0 Å². The van der Waals surface area contributed by atoms with Gasteiger partial charge in [-0.15, -0.1) is 0 Å². The van der Waals surface area contributed by atoms with Crippen molar-refractivity contribution in [2.75, 3.05) is 39.3 Å². The maximum atomic E-state index is 5.69. The Hall–Kier alpha value is -0.970. The maximum Gasteiger partial charge on any atom is 0.0313 e. The lowest BCUT2D eigenvalue weighted by Crippen LogP contribution is -2.47. The minimum atomic E-state index is 0.604. The van der Waals surface area contributed by atoms with Crippen LogP contribution in [0.1, 0.15) is 18.1 Å². The number of rotatable bonds is 5. The lowest BCUT2D eigenvalue weighted by Gasteiger charge is -2.35. The molecular weight excluding hydrogens is 236 g/mol. The van der Waals surface area contributed by atoms with Gasteiger partial charge in [0.1, 0.15) is 0 Å². The van der Waals surface area contributed by atoms with Crippen molar-refractivity contribution in [1.29, 1.82) is 0 Å². The van der Waals surface area contributed by atoms with Gasteiger partial charge in [-0.3, -0.25) is 9.88 Å². The van der Waals surface area contributed by atoms with Gasteiger partial charge in [0.15, 0.2) is 0 Å². The molecule has 1 fully saturated rings. The van der Waals surface area contributed by atoms with Crippen LogP contribution in [0.3, 0.4) is 0 Å². The van der Waals surface area contributed by atoms with Crippen LogP contribution in [0, 0.1) is 12.8 Å². The van der Waals surface area contributed by atoms with Gasteiger partial charge in [-0.25, -0.2) is 0 Å². The second kappa shape index (κ2) is 6.98. The predicted octanol–water partition coefficient (Wildman–Crippen LogP) is 1.10. The third-order valence-corrected chi connectivity index (χ3v) is 3.77. The molecular formula is C15H26N4. The molecule has 1 aromatic rings. The highest BCUT2D eigenvalue weighted by molar-refractivity contribution is 5.16. The molecule has 1 aliphatic heterocycles. The molecule has 4 heteroatoms. The highest BCUT2D eigenvalue weighted by Gasteiger charge is 2.18. The Morgan fingerprint density at radius 3 is 2.53 bits per heavy atom. The minimum Gasteiger partial charge on any atom is -0.330 e. The number of aryl methyl sites for hydroxylation is 1. The molecule has 106 valence electrons. The van der Waals surface area contributed by atoms with Crippen LogP contribution in [0.2, 0.25) is 0 Å². The average Bonchev–Trinajstić information content (AvgIpc) is 2.41. The summed E-state index contributed by atoms with van der Waals surface area (Å²) in [5, 5.41) is 0. The summed E-state index contributed by atoms with van der Waals surface area (Å²) >= 11 is 0. The van der Waals surface area contributed by atoms with E-state index >= 15 is 0 Å². The third-order valence-electron chi connectivity index (χ3n) is 3.77. The number of hydrogen-bond acceptors (Lipinski definition) is 4. The molecule has 0 aromatic carbocycles. The fourth-order valence-electron chi connectivity index (χ4n) is 2.61. The first-order valence-corrected chi connectivity index (χ1v) is 7.22. The molecule has 19 heavy (non-hydrogen) atoms. The summed E-state index contributed by atoms with van der Waals surface area (Å²) in [6, 6.07) is 2.23. The summed E-state index contributed by atoms with van der Waals surface area (Å²) in [6.07, 6.45) is 3.89. The molecule has 1 atom stereocenters. The van der Waals surface area contributed by atoms with E-state index in [2.05, 4.69) is 34.7 Å². The quantitative estimate of drug-likeness (QED) is 0.863. The number of hydrogen-bond donors (Lipinski definition) is 1. The number of nitrogens with zero attached hydrogens (tertiary/aromatic N) is 3. The van der Waals surface area contributed by atoms with Crippen molar-refractivity contribution in [1.82, 2.24) is 14.8 Å². The summed E-state index contributed by atoms with van der Waals surface area (Å²) < 4.78 is 0. The predicted molar refractivity (Wildman–Crippen MR) is 78.9 cm³/mol. The zero-order valence-electron chi connectivity index (χ0n) is 12.2. The second-order valence-corrected chi connectivity index (χ2v) is 5.79. The van der Waals surface area contributed by atoms with Crippen molar-refractivity contribution in [3.05, 3.63) is 29.6 Å². The Balaban J connectivity index is 1.77. The Morgan fingerprint density at radius 1 is 1.21 bits per heavy atom. The molecule has 0 saturated carbocycles. The third kappa shape index (κ3) is 4.56. The number of pyridine rings is 1. The summed E-state index contributed by atoms with van der Waals surface area (Å²) in [6.45, 7) is 11.9. The molecule has 2 N–H and O–H groups in total. The van der Waals surface area contributed by atoms with E-state index < -0.39 is 0 Å². The molecule has 0 bridgehead atoms. The number of aromatic nitrogens is 1. The van der Waals surface area contributed by atoms with E-state index in [1.54, 1.807) is 0 Å². The first-order chi connectivity index (χ1) is 9.17. The van der Waals surface area contributed by atoms with E-state index in [9.17, 15) is 0 Å². The van der Waals surface area contributed by atoms with Crippen molar-refractivity contribution in [2.45, 2.75) is 20.4 Å². The van der Waals surface area contributed by atoms with Crippen molar-refractivity contribution in [3.63, 3.8) is 0 Å². The Kier molecular flexibility index (Phi) is 5.31. The van der Waals surface area contributed by atoms with Gasteiger partial charge < -0.3 is 10.6 Å². The van der Waals surface area contributed by atoms with Gasteiger partial charge in [0.25, 0.3) is 0 Å². The molecule has 0 spiro atoms. The smallest absolute Gasteiger partial charge is 0.0313 e. The molecule has 2 heterocycles. The molecule has 1 saturated heterocycles. The topological polar surface area (TPSA) is 45.4 Å². The van der Waals surface area contributed by atoms with Gasteiger partial charge in [0, 0.05) is 51.7 Å². The van der Waals surface area contributed by atoms with Crippen LogP contribution in [0.25, 0.3) is 0 Å². The van der Waals surface area contributed by atoms with E-state index in [-0.39, 0.29) is 0 Å². The zero-order chi connectivity index (χ0) is 13.7. The highest BCUT2D eigenvalue weighted by atomic mass is 15.3. The molecule has 0 radical (unpaired) electrons. The summed E-state index contributed by atoms with van der Waals surface area (Å²) in [5.74, 6) is 0.604. The van der Waals surface area contributed by atoms with Crippen LogP contribution in [-0.2, 0) is 6.54 Å². The minimum absolute atomic E-state index is 0.604. The van der Waals surface area contributed by atoms with Crippen LogP contribution >= 0.6 is 0 Å². The maximum absolute atomic E-state index is 5.69. The van der Waals surface area contributed by atoms with Crippen molar-refractivity contribution in [2.24, 2.45) is 11.7 Å². The van der Waals surface area contributed by atoms with E-state index in [0.29, 0.717) is 5.92 Å². The summed E-state index contributed by atoms with van der Waals surface area (Å²) in [4.78, 5) is 9.31. The van der Waals surface area contributed by atoms with Gasteiger partial charge in [-0.2, -0.15) is 0 Å². The molecule has 1 aliphatic rings. The normalized spacial score (nSPS) is 19.5. The summed E-state index contributed by atoms with van der Waals surface area (Å²) in [7, 11) is 0. The van der Waals surface area contributed by atoms with E-state index in [0.717, 1.165) is 45.8 Å². The van der Waals surface area contributed by atoms with E-state index in [1.165, 1.54) is 11.1 Å². The second-order valence-electron chi connectivity index (χ2n) is 5.79. The number of nitrogens with two attached hydrogens (primary N) is 1. The molecule has 4 nitrogen and oxygen atoms in total. The van der Waals surface area contributed by atoms with Crippen LogP contribution in [0.5, 0.6) is 0 Å². The van der Waals surface area contributed by atoms with Crippen LogP contribution in [-0.4, -0.2) is 54.1 Å². The Labute approximate surface area is 116 Å². The largest absolute Gasteiger partial charge is 0.330 e. The van der Waals surface area contributed by atoms with Crippen LogP contribution in [0.15, 0.2) is 18.5 Å². The van der Waals surface area contributed by atoms with Gasteiger partial charge in [-0.05, 0) is 30.5 Å². The molecule has 1 aromatic heterocycles. The van der Waals surface area contributed by atoms with Crippen molar-refractivity contribution >= 4 is 0 Å². The molecule has 0 amide bonds. The lowest BCUT2D eigenvalue weighted by atomic mass is 10.1. The van der Waals surface area contributed by atoms with E-state index in [1.807, 2.05) is 12.4 Å². The summed E-state index contributed by atoms with van der Waals surface area (Å²) in [5.41, 5.74) is 8.26. The fraction of sp³-hybridized carbons (Fsp3) is 0.667. The monoisotopic (exact) mass is 262 g/mol. The average molecular weight is 262 g/mol. The van der Waals surface area contributed by atoms with E-state index in [4.69, 9.17) is 5.73 Å². The zero-order valence-corrected chi connectivity index (χ0v) is 12.2. The van der Waals surface area contributed by atoms with Crippen molar-refractivity contribution < 1.29 is 0 Å². The van der Waals surface area contributed by atoms with Gasteiger partial charge in [-0.1, -0.05) is 13.0 Å². The SMILES string of the molecule is Cc1cncc(CN2CCN(CC(C)CN)CC2)c1. The Bertz CT molecular complexity index is 385. The molecule has 2 rings (SSSR count).